The van der Waals surface area contributed by atoms with Crippen molar-refractivity contribution < 1.29 is 14.7 Å². The van der Waals surface area contributed by atoms with Crippen LogP contribution in [-0.2, 0) is 11.3 Å². The van der Waals surface area contributed by atoms with E-state index in [9.17, 15) is 9.59 Å². The molecule has 0 aliphatic carbocycles. The van der Waals surface area contributed by atoms with Crippen LogP contribution in [0.4, 0.5) is 0 Å². The minimum atomic E-state index is -0.939. The van der Waals surface area contributed by atoms with E-state index < -0.39 is 5.97 Å². The lowest BCUT2D eigenvalue weighted by atomic mass is 10.1. The molecule has 4 heteroatoms. The molecule has 1 N–H and O–H groups in total. The first-order valence-electron chi connectivity index (χ1n) is 5.96. The molecule has 0 heterocycles. The van der Waals surface area contributed by atoms with Crippen LogP contribution in [0.15, 0.2) is 24.3 Å². The highest BCUT2D eigenvalue weighted by atomic mass is 16.4. The molecule has 0 fully saturated rings. The van der Waals surface area contributed by atoms with Gasteiger partial charge in [0.2, 0.25) is 5.91 Å². The van der Waals surface area contributed by atoms with Gasteiger partial charge in [0.1, 0.15) is 0 Å². The van der Waals surface area contributed by atoms with Crippen molar-refractivity contribution in [3.8, 4) is 0 Å². The van der Waals surface area contributed by atoms with Crippen molar-refractivity contribution in [3.63, 3.8) is 0 Å². The first-order valence-corrected chi connectivity index (χ1v) is 5.96. The number of rotatable bonds is 5. The number of benzene rings is 1. The summed E-state index contributed by atoms with van der Waals surface area (Å²) in [5.41, 5.74) is 1.19. The molecule has 4 nitrogen and oxygen atoms in total. The van der Waals surface area contributed by atoms with Gasteiger partial charge in [0, 0.05) is 20.0 Å². The molecule has 0 bridgehead atoms. The third-order valence-corrected chi connectivity index (χ3v) is 2.63. The summed E-state index contributed by atoms with van der Waals surface area (Å²) in [5, 5.41) is 8.78. The minimum absolute atomic E-state index is 0.104. The number of carbonyl (C=O) groups excluding carboxylic acids is 1. The summed E-state index contributed by atoms with van der Waals surface area (Å²) in [5.74, 6) is -0.493. The van der Waals surface area contributed by atoms with E-state index in [2.05, 4.69) is 0 Å². The van der Waals surface area contributed by atoms with Gasteiger partial charge in [-0.05, 0) is 23.6 Å². The zero-order valence-electron chi connectivity index (χ0n) is 11.0. The maximum Gasteiger partial charge on any atom is 0.335 e. The topological polar surface area (TPSA) is 57.6 Å². The zero-order chi connectivity index (χ0) is 13.7. The summed E-state index contributed by atoms with van der Waals surface area (Å²) < 4.78 is 0. The lowest BCUT2D eigenvalue weighted by Crippen LogP contribution is -2.27. The van der Waals surface area contributed by atoms with Gasteiger partial charge in [-0.25, -0.2) is 4.79 Å². The molecular weight excluding hydrogens is 230 g/mol. The van der Waals surface area contributed by atoms with E-state index in [0.29, 0.717) is 18.9 Å². The van der Waals surface area contributed by atoms with Crippen LogP contribution >= 0.6 is 0 Å². The summed E-state index contributed by atoms with van der Waals surface area (Å²) in [6, 6.07) is 6.59. The van der Waals surface area contributed by atoms with Crippen molar-refractivity contribution in [1.29, 1.82) is 0 Å². The Morgan fingerprint density at radius 2 is 1.78 bits per heavy atom. The van der Waals surface area contributed by atoms with Crippen LogP contribution in [0.3, 0.4) is 0 Å². The number of aromatic carboxylic acids is 1. The molecule has 0 aliphatic heterocycles. The van der Waals surface area contributed by atoms with E-state index in [-0.39, 0.29) is 11.5 Å². The predicted octanol–water partition coefficient (Wildman–Crippen LogP) is 2.39. The molecule has 0 atom stereocenters. The largest absolute Gasteiger partial charge is 0.478 e. The second-order valence-electron chi connectivity index (χ2n) is 4.85. The molecule has 0 spiro atoms. The predicted molar refractivity (Wildman–Crippen MR) is 69.3 cm³/mol. The number of amides is 1. The van der Waals surface area contributed by atoms with Crippen LogP contribution in [0, 0.1) is 5.92 Å². The van der Waals surface area contributed by atoms with Crippen LogP contribution in [-0.4, -0.2) is 28.9 Å². The van der Waals surface area contributed by atoms with E-state index >= 15 is 0 Å². The highest BCUT2D eigenvalue weighted by Crippen LogP contribution is 2.09. The quantitative estimate of drug-likeness (QED) is 0.871. The number of carboxylic acid groups (broad SMARTS) is 1. The highest BCUT2D eigenvalue weighted by Gasteiger charge is 2.11. The fraction of sp³-hybridized carbons (Fsp3) is 0.429. The normalized spacial score (nSPS) is 10.4. The summed E-state index contributed by atoms with van der Waals surface area (Å²) in [4.78, 5) is 24.1. The highest BCUT2D eigenvalue weighted by molar-refractivity contribution is 5.87. The molecule has 0 saturated heterocycles. The van der Waals surface area contributed by atoms with Crippen LogP contribution in [0.5, 0.6) is 0 Å². The Balaban J connectivity index is 2.61. The molecule has 0 saturated carbocycles. The summed E-state index contributed by atoms with van der Waals surface area (Å²) in [7, 11) is 1.76. The van der Waals surface area contributed by atoms with E-state index in [4.69, 9.17) is 5.11 Å². The van der Waals surface area contributed by atoms with Crippen molar-refractivity contribution in [2.45, 2.75) is 26.8 Å². The number of hydrogen-bond donors (Lipinski definition) is 1. The monoisotopic (exact) mass is 249 g/mol. The van der Waals surface area contributed by atoms with Crippen molar-refractivity contribution in [2.75, 3.05) is 7.05 Å². The van der Waals surface area contributed by atoms with Crippen molar-refractivity contribution in [2.24, 2.45) is 5.92 Å². The van der Waals surface area contributed by atoms with E-state index in [1.807, 2.05) is 13.8 Å². The Kier molecular flexibility index (Phi) is 4.89. The Morgan fingerprint density at radius 3 is 2.22 bits per heavy atom. The zero-order valence-corrected chi connectivity index (χ0v) is 11.0. The molecule has 1 aromatic rings. The van der Waals surface area contributed by atoms with E-state index in [1.54, 1.807) is 36.2 Å². The fourth-order valence-electron chi connectivity index (χ4n) is 1.62. The van der Waals surface area contributed by atoms with Crippen LogP contribution in [0.2, 0.25) is 0 Å². The second-order valence-corrected chi connectivity index (χ2v) is 4.85. The van der Waals surface area contributed by atoms with Gasteiger partial charge < -0.3 is 10.0 Å². The minimum Gasteiger partial charge on any atom is -0.478 e. The SMILES string of the molecule is CC(C)CC(=O)N(C)Cc1ccc(C(=O)O)cc1. The first kappa shape index (κ1) is 14.2. The van der Waals surface area contributed by atoms with Crippen molar-refractivity contribution in [1.82, 2.24) is 4.90 Å². The van der Waals surface area contributed by atoms with E-state index in [1.165, 1.54) is 0 Å². The van der Waals surface area contributed by atoms with Crippen molar-refractivity contribution >= 4 is 11.9 Å². The molecule has 0 aliphatic rings. The molecule has 0 aromatic heterocycles. The average molecular weight is 249 g/mol. The Morgan fingerprint density at radius 1 is 1.22 bits per heavy atom. The molecule has 0 radical (unpaired) electrons. The Hall–Kier alpha value is -1.84. The standard InChI is InChI=1S/C14H19NO3/c1-10(2)8-13(16)15(3)9-11-4-6-12(7-5-11)14(17)18/h4-7,10H,8-9H2,1-3H3,(H,17,18). The average Bonchev–Trinajstić information content (AvgIpc) is 2.28. The smallest absolute Gasteiger partial charge is 0.335 e. The molecule has 1 amide bonds. The van der Waals surface area contributed by atoms with Gasteiger partial charge >= 0.3 is 5.97 Å². The van der Waals surface area contributed by atoms with Gasteiger partial charge in [0.05, 0.1) is 5.56 Å². The first-order chi connectivity index (χ1) is 8.40. The summed E-state index contributed by atoms with van der Waals surface area (Å²) in [6.07, 6.45) is 0.531. The molecule has 98 valence electrons. The molecule has 18 heavy (non-hydrogen) atoms. The van der Waals surface area contributed by atoms with Crippen LogP contribution in [0.1, 0.15) is 36.2 Å². The summed E-state index contributed by atoms with van der Waals surface area (Å²) >= 11 is 0. The third-order valence-electron chi connectivity index (χ3n) is 2.63. The van der Waals surface area contributed by atoms with Gasteiger partial charge in [-0.3, -0.25) is 4.79 Å². The number of carbonyl (C=O) groups is 2. The summed E-state index contributed by atoms with van der Waals surface area (Å²) in [6.45, 7) is 4.52. The van der Waals surface area contributed by atoms with Crippen molar-refractivity contribution in [3.05, 3.63) is 35.4 Å². The van der Waals surface area contributed by atoms with Crippen LogP contribution < -0.4 is 0 Å². The Labute approximate surface area is 107 Å². The maximum atomic E-state index is 11.8. The number of carboxylic acids is 1. The lowest BCUT2D eigenvalue weighted by Gasteiger charge is -2.18. The van der Waals surface area contributed by atoms with E-state index in [0.717, 1.165) is 5.56 Å². The van der Waals surface area contributed by atoms with Crippen LogP contribution in [0.25, 0.3) is 0 Å². The molecular formula is C14H19NO3. The van der Waals surface area contributed by atoms with Gasteiger partial charge in [0.25, 0.3) is 0 Å². The molecule has 0 unspecified atom stereocenters. The number of nitrogens with zero attached hydrogens (tertiary/aromatic N) is 1. The van der Waals surface area contributed by atoms with Gasteiger partial charge in [-0.1, -0.05) is 26.0 Å². The Bertz CT molecular complexity index is 423. The van der Waals surface area contributed by atoms with Gasteiger partial charge in [-0.15, -0.1) is 0 Å². The molecule has 1 rings (SSSR count). The fourth-order valence-corrected chi connectivity index (χ4v) is 1.62. The molecule has 1 aromatic carbocycles. The van der Waals surface area contributed by atoms with Gasteiger partial charge in [-0.2, -0.15) is 0 Å². The second kappa shape index (κ2) is 6.19. The lowest BCUT2D eigenvalue weighted by molar-refractivity contribution is -0.131. The van der Waals surface area contributed by atoms with Gasteiger partial charge in [0.15, 0.2) is 0 Å². The maximum absolute atomic E-state index is 11.8. The number of hydrogen-bond acceptors (Lipinski definition) is 2. The third kappa shape index (κ3) is 4.20.